The molecule has 0 fully saturated rings. The smallest absolute Gasteiger partial charge is 0.273 e. The zero-order chi connectivity index (χ0) is 23.4. The molecule has 8 heteroatoms. The second-order valence-corrected chi connectivity index (χ2v) is 7.84. The van der Waals surface area contributed by atoms with Crippen LogP contribution >= 0.6 is 0 Å². The fourth-order valence-corrected chi connectivity index (χ4v) is 4.19. The number of aliphatic hydroxyl groups is 1. The van der Waals surface area contributed by atoms with Crippen LogP contribution in [0.2, 0.25) is 0 Å². The van der Waals surface area contributed by atoms with Gasteiger partial charge in [0.2, 0.25) is 0 Å². The van der Waals surface area contributed by atoms with Crippen molar-refractivity contribution >= 4 is 5.91 Å². The van der Waals surface area contributed by atoms with Crippen LogP contribution in [0.1, 0.15) is 54.3 Å². The normalized spacial score (nSPS) is 15.1. The van der Waals surface area contributed by atoms with E-state index in [1.807, 2.05) is 38.1 Å². The molecule has 0 radical (unpaired) electrons. The molecule has 3 aromatic rings. The number of phenols is 1. The molecule has 8 nitrogen and oxygen atoms in total. The Labute approximate surface area is 192 Å². The maximum atomic E-state index is 13.3. The Kier molecular flexibility index (Phi) is 6.84. The number of phenolic OH excluding ortho intramolecular Hbond substituents is 1. The molecule has 1 aliphatic heterocycles. The van der Waals surface area contributed by atoms with Gasteiger partial charge in [0, 0.05) is 24.3 Å². The molecule has 3 N–H and O–H groups in total. The van der Waals surface area contributed by atoms with Gasteiger partial charge in [0.15, 0.2) is 11.5 Å². The summed E-state index contributed by atoms with van der Waals surface area (Å²) in [6, 6.07) is 12.2. The summed E-state index contributed by atoms with van der Waals surface area (Å²) >= 11 is 0. The summed E-state index contributed by atoms with van der Waals surface area (Å²) in [6.45, 7) is 5.35. The number of aromatic hydroxyl groups is 1. The highest BCUT2D eigenvalue weighted by Crippen LogP contribution is 2.45. The van der Waals surface area contributed by atoms with E-state index in [9.17, 15) is 15.0 Å². The third-order valence-corrected chi connectivity index (χ3v) is 5.63. The third-order valence-electron chi connectivity index (χ3n) is 5.63. The topological polar surface area (TPSA) is 108 Å². The fraction of sp³-hybridized carbons (Fsp3) is 0.360. The highest BCUT2D eigenvalue weighted by Gasteiger charge is 2.42. The summed E-state index contributed by atoms with van der Waals surface area (Å²) in [5.74, 6) is 1.16. The van der Waals surface area contributed by atoms with Gasteiger partial charge in [-0.05, 0) is 49.6 Å². The van der Waals surface area contributed by atoms with E-state index in [2.05, 4.69) is 10.2 Å². The number of amides is 1. The van der Waals surface area contributed by atoms with Crippen LogP contribution in [-0.4, -0.2) is 57.6 Å². The molecule has 1 aromatic heterocycles. The van der Waals surface area contributed by atoms with Gasteiger partial charge in [-0.2, -0.15) is 5.10 Å². The van der Waals surface area contributed by atoms with E-state index in [0.29, 0.717) is 60.2 Å². The zero-order valence-electron chi connectivity index (χ0n) is 18.9. The number of carbonyl (C=O) groups is 1. The summed E-state index contributed by atoms with van der Waals surface area (Å²) in [7, 11) is 0. The quantitative estimate of drug-likeness (QED) is 0.432. The second kappa shape index (κ2) is 9.95. The molecule has 4 rings (SSSR count). The first-order chi connectivity index (χ1) is 16.1. The highest BCUT2D eigenvalue weighted by molar-refractivity contribution is 6.00. The molecule has 1 atom stereocenters. The molecule has 0 saturated heterocycles. The Morgan fingerprint density at radius 1 is 1.12 bits per heavy atom. The molecule has 0 aliphatic carbocycles. The van der Waals surface area contributed by atoms with Crippen molar-refractivity contribution in [1.29, 1.82) is 0 Å². The number of benzene rings is 2. The summed E-state index contributed by atoms with van der Waals surface area (Å²) < 4.78 is 11.7. The Morgan fingerprint density at radius 3 is 2.67 bits per heavy atom. The molecule has 0 saturated carbocycles. The maximum Gasteiger partial charge on any atom is 0.273 e. The molecule has 0 bridgehead atoms. The van der Waals surface area contributed by atoms with Crippen molar-refractivity contribution in [1.82, 2.24) is 15.1 Å². The number of aliphatic hydroxyl groups excluding tert-OH is 1. The lowest BCUT2D eigenvalue weighted by atomic mass is 9.95. The summed E-state index contributed by atoms with van der Waals surface area (Å²) in [4.78, 5) is 15.0. The van der Waals surface area contributed by atoms with Gasteiger partial charge in [0.25, 0.3) is 5.91 Å². The first-order valence-electron chi connectivity index (χ1n) is 11.3. The summed E-state index contributed by atoms with van der Waals surface area (Å²) in [6.07, 6.45) is 1.32. The molecule has 2 heterocycles. The molecule has 174 valence electrons. The van der Waals surface area contributed by atoms with Crippen molar-refractivity contribution in [3.05, 3.63) is 59.3 Å². The van der Waals surface area contributed by atoms with Gasteiger partial charge in [0.05, 0.1) is 19.3 Å². The van der Waals surface area contributed by atoms with Crippen LogP contribution in [-0.2, 0) is 0 Å². The first kappa shape index (κ1) is 22.7. The standard InChI is InChI=1S/C25H29N3O5/c1-3-14-33-19-11-10-16(15-20(19)32-4-2)24-21-22(17-8-5-6-9-18(17)30)26-27-23(21)25(31)28(24)12-7-13-29/h5-6,8-11,15,24,29-30H,3-4,7,12-14H2,1-2H3,(H,26,27). The van der Waals surface area contributed by atoms with Crippen LogP contribution in [0.15, 0.2) is 42.5 Å². The summed E-state index contributed by atoms with van der Waals surface area (Å²) in [5.41, 5.74) is 3.00. The fourth-order valence-electron chi connectivity index (χ4n) is 4.19. The van der Waals surface area contributed by atoms with Crippen molar-refractivity contribution in [3.63, 3.8) is 0 Å². The van der Waals surface area contributed by atoms with Gasteiger partial charge in [-0.1, -0.05) is 25.1 Å². The molecular weight excluding hydrogens is 422 g/mol. The van der Waals surface area contributed by atoms with Crippen molar-refractivity contribution in [2.75, 3.05) is 26.4 Å². The molecule has 1 unspecified atom stereocenters. The molecule has 33 heavy (non-hydrogen) atoms. The van der Waals surface area contributed by atoms with Gasteiger partial charge < -0.3 is 24.6 Å². The Morgan fingerprint density at radius 2 is 1.94 bits per heavy atom. The number of nitrogens with zero attached hydrogens (tertiary/aromatic N) is 2. The van der Waals surface area contributed by atoms with E-state index >= 15 is 0 Å². The SMILES string of the molecule is CCCOc1ccc(C2c3c(-c4ccccc4O)n[nH]c3C(=O)N2CCCO)cc1OCC. The number of carbonyl (C=O) groups excluding carboxylic acids is 1. The number of rotatable bonds is 10. The van der Waals surface area contributed by atoms with Gasteiger partial charge in [-0.15, -0.1) is 0 Å². The Hall–Kier alpha value is -3.52. The molecule has 1 aliphatic rings. The van der Waals surface area contributed by atoms with Crippen LogP contribution in [0.5, 0.6) is 17.2 Å². The number of para-hydroxylation sites is 1. The summed E-state index contributed by atoms with van der Waals surface area (Å²) in [5, 5.41) is 27.1. The number of fused-ring (bicyclic) bond motifs is 1. The highest BCUT2D eigenvalue weighted by atomic mass is 16.5. The number of aromatic nitrogens is 2. The zero-order valence-corrected chi connectivity index (χ0v) is 18.9. The van der Waals surface area contributed by atoms with Crippen LogP contribution in [0.3, 0.4) is 0 Å². The Bertz CT molecular complexity index is 1130. The first-order valence-corrected chi connectivity index (χ1v) is 11.3. The van der Waals surface area contributed by atoms with E-state index in [-0.39, 0.29) is 18.3 Å². The minimum atomic E-state index is -0.452. The number of ether oxygens (including phenoxy) is 2. The van der Waals surface area contributed by atoms with Crippen LogP contribution in [0.25, 0.3) is 11.3 Å². The molecular formula is C25H29N3O5. The van der Waals surface area contributed by atoms with E-state index in [1.54, 1.807) is 23.1 Å². The lowest BCUT2D eigenvalue weighted by Crippen LogP contribution is -2.31. The second-order valence-electron chi connectivity index (χ2n) is 7.84. The van der Waals surface area contributed by atoms with E-state index in [1.165, 1.54) is 0 Å². The van der Waals surface area contributed by atoms with Crippen LogP contribution < -0.4 is 9.47 Å². The predicted octanol–water partition coefficient (Wildman–Crippen LogP) is 3.90. The van der Waals surface area contributed by atoms with Crippen molar-refractivity contribution in [3.8, 4) is 28.5 Å². The van der Waals surface area contributed by atoms with Crippen LogP contribution in [0.4, 0.5) is 0 Å². The number of hydrogen-bond donors (Lipinski definition) is 3. The lowest BCUT2D eigenvalue weighted by molar-refractivity contribution is 0.0732. The van der Waals surface area contributed by atoms with Gasteiger partial charge in [0.1, 0.15) is 17.1 Å². The maximum absolute atomic E-state index is 13.3. The number of H-pyrrole nitrogens is 1. The minimum Gasteiger partial charge on any atom is -0.507 e. The minimum absolute atomic E-state index is 0.0248. The molecule has 0 spiro atoms. The number of aromatic amines is 1. The van der Waals surface area contributed by atoms with Crippen molar-refractivity contribution in [2.24, 2.45) is 0 Å². The average molecular weight is 452 g/mol. The van der Waals surface area contributed by atoms with E-state index < -0.39 is 6.04 Å². The van der Waals surface area contributed by atoms with Gasteiger partial charge in [-0.25, -0.2) is 0 Å². The van der Waals surface area contributed by atoms with Gasteiger partial charge >= 0.3 is 0 Å². The third kappa shape index (κ3) is 4.26. The predicted molar refractivity (Wildman–Crippen MR) is 124 cm³/mol. The largest absolute Gasteiger partial charge is 0.507 e. The Balaban J connectivity index is 1.84. The van der Waals surface area contributed by atoms with Crippen molar-refractivity contribution < 1.29 is 24.5 Å². The van der Waals surface area contributed by atoms with Gasteiger partial charge in [-0.3, -0.25) is 9.89 Å². The number of hydrogen-bond acceptors (Lipinski definition) is 6. The monoisotopic (exact) mass is 451 g/mol. The molecule has 1 amide bonds. The molecule has 2 aromatic carbocycles. The van der Waals surface area contributed by atoms with Crippen LogP contribution in [0, 0.1) is 0 Å². The van der Waals surface area contributed by atoms with E-state index in [4.69, 9.17) is 9.47 Å². The lowest BCUT2D eigenvalue weighted by Gasteiger charge is -2.27. The van der Waals surface area contributed by atoms with Crippen molar-refractivity contribution in [2.45, 2.75) is 32.7 Å². The van der Waals surface area contributed by atoms with E-state index in [0.717, 1.165) is 12.0 Å². The average Bonchev–Trinajstić information content (AvgIpc) is 3.36. The number of nitrogens with one attached hydrogen (secondary N) is 1.